The fourth-order valence-corrected chi connectivity index (χ4v) is 6.57. The number of amides is 2. The van der Waals surface area contributed by atoms with Crippen LogP contribution in [0.1, 0.15) is 32.1 Å². The van der Waals surface area contributed by atoms with Crippen molar-refractivity contribution in [3.8, 4) is 0 Å². The van der Waals surface area contributed by atoms with Crippen LogP contribution in [0, 0.1) is 5.92 Å². The van der Waals surface area contributed by atoms with Crippen LogP contribution in [0.15, 0.2) is 41.8 Å². The maximum atomic E-state index is 12.5. The standard InChI is InChI=1S/C25H33N5OS2/c1-28(23-7-4-18-32-23)25(31)26-20-10-8-19(9-11-20)12-13-29-14-16-30(17-15-29)24-21-5-2-3-6-22(21)33-27-24/h2-7,18-20H,8-17H2,1H3,(H,26,31). The molecule has 5 rings (SSSR count). The molecule has 0 radical (unpaired) electrons. The van der Waals surface area contributed by atoms with Gasteiger partial charge in [-0.1, -0.05) is 12.1 Å². The first-order valence-electron chi connectivity index (χ1n) is 12.1. The second kappa shape index (κ2) is 10.4. The van der Waals surface area contributed by atoms with E-state index in [1.807, 2.05) is 24.6 Å². The molecule has 0 unspecified atom stereocenters. The Morgan fingerprint density at radius 1 is 1.09 bits per heavy atom. The normalized spacial score (nSPS) is 21.9. The lowest BCUT2D eigenvalue weighted by Gasteiger charge is -2.36. The predicted molar refractivity (Wildman–Crippen MR) is 140 cm³/mol. The van der Waals surface area contributed by atoms with Crippen molar-refractivity contribution in [1.29, 1.82) is 0 Å². The minimum Gasteiger partial charge on any atom is -0.353 e. The molecule has 2 aliphatic rings. The third kappa shape index (κ3) is 5.34. The summed E-state index contributed by atoms with van der Waals surface area (Å²) < 4.78 is 6.01. The molecule has 1 aliphatic carbocycles. The van der Waals surface area contributed by atoms with Crippen molar-refractivity contribution in [2.75, 3.05) is 49.6 Å². The highest BCUT2D eigenvalue weighted by molar-refractivity contribution is 7.14. The Morgan fingerprint density at radius 2 is 1.88 bits per heavy atom. The molecule has 1 aliphatic heterocycles. The zero-order chi connectivity index (χ0) is 22.6. The molecule has 2 amide bonds. The number of hydrogen-bond acceptors (Lipinski definition) is 6. The molecule has 176 valence electrons. The van der Waals surface area contributed by atoms with E-state index in [4.69, 9.17) is 4.37 Å². The van der Waals surface area contributed by atoms with Gasteiger partial charge in [-0.2, -0.15) is 4.37 Å². The van der Waals surface area contributed by atoms with E-state index in [0.717, 1.165) is 49.9 Å². The Balaban J connectivity index is 1.02. The van der Waals surface area contributed by atoms with Gasteiger partial charge in [-0.3, -0.25) is 9.80 Å². The number of carbonyl (C=O) groups excluding carboxylic acids is 1. The summed E-state index contributed by atoms with van der Waals surface area (Å²) in [6.45, 7) is 5.54. The number of thiophene rings is 1. The van der Waals surface area contributed by atoms with E-state index in [2.05, 4.69) is 39.4 Å². The molecule has 8 heteroatoms. The Labute approximate surface area is 204 Å². The Kier molecular flexibility index (Phi) is 7.13. The van der Waals surface area contributed by atoms with Crippen LogP contribution < -0.4 is 15.1 Å². The molecule has 3 aromatic rings. The van der Waals surface area contributed by atoms with E-state index in [1.54, 1.807) is 27.8 Å². The summed E-state index contributed by atoms with van der Waals surface area (Å²) >= 11 is 3.20. The molecule has 33 heavy (non-hydrogen) atoms. The third-order valence-electron chi connectivity index (χ3n) is 7.20. The summed E-state index contributed by atoms with van der Waals surface area (Å²) in [6, 6.07) is 12.9. The number of urea groups is 1. The van der Waals surface area contributed by atoms with Crippen molar-refractivity contribution >= 4 is 49.8 Å². The average molecular weight is 484 g/mol. The van der Waals surface area contributed by atoms with Crippen molar-refractivity contribution in [1.82, 2.24) is 14.6 Å². The number of anilines is 2. The Bertz CT molecular complexity index is 1040. The number of piperazine rings is 1. The SMILES string of the molecule is CN(C(=O)NC1CCC(CCN2CCN(c3nsc4ccccc34)CC2)CC1)c1cccs1. The summed E-state index contributed by atoms with van der Waals surface area (Å²) in [5.41, 5.74) is 0. The molecule has 2 aromatic heterocycles. The second-order valence-electron chi connectivity index (χ2n) is 9.30. The highest BCUT2D eigenvalue weighted by Crippen LogP contribution is 2.31. The van der Waals surface area contributed by atoms with Gasteiger partial charge in [0.25, 0.3) is 0 Å². The van der Waals surface area contributed by atoms with Crippen LogP contribution >= 0.6 is 22.9 Å². The van der Waals surface area contributed by atoms with Crippen molar-refractivity contribution in [2.45, 2.75) is 38.1 Å². The summed E-state index contributed by atoms with van der Waals surface area (Å²) in [5, 5.41) is 7.52. The molecular formula is C25H33N5OS2. The highest BCUT2D eigenvalue weighted by Gasteiger charge is 2.25. The van der Waals surface area contributed by atoms with Gasteiger partial charge in [0.1, 0.15) is 5.82 Å². The zero-order valence-corrected chi connectivity index (χ0v) is 20.9. The molecule has 0 atom stereocenters. The molecule has 1 aromatic carbocycles. The van der Waals surface area contributed by atoms with Gasteiger partial charge in [-0.05, 0) is 85.7 Å². The lowest BCUT2D eigenvalue weighted by molar-refractivity contribution is 0.207. The lowest BCUT2D eigenvalue weighted by Crippen LogP contribution is -2.47. The van der Waals surface area contributed by atoms with Crippen LogP contribution in [0.25, 0.3) is 10.1 Å². The minimum absolute atomic E-state index is 0.0201. The first-order chi connectivity index (χ1) is 16.2. The first kappa shape index (κ1) is 22.6. The molecular weight excluding hydrogens is 450 g/mol. The maximum Gasteiger partial charge on any atom is 0.322 e. The number of nitrogens with one attached hydrogen (secondary N) is 1. The topological polar surface area (TPSA) is 51.7 Å². The van der Waals surface area contributed by atoms with Crippen molar-refractivity contribution in [3.05, 3.63) is 41.8 Å². The Hall–Kier alpha value is -2.16. The van der Waals surface area contributed by atoms with Gasteiger partial charge in [0.15, 0.2) is 0 Å². The lowest BCUT2D eigenvalue weighted by atomic mass is 9.84. The number of fused-ring (bicyclic) bond motifs is 1. The van der Waals surface area contributed by atoms with Crippen molar-refractivity contribution in [2.24, 2.45) is 5.92 Å². The van der Waals surface area contributed by atoms with Crippen LogP contribution in [0.2, 0.25) is 0 Å². The number of rotatable bonds is 6. The fourth-order valence-electron chi connectivity index (χ4n) is 5.08. The molecule has 1 saturated heterocycles. The maximum absolute atomic E-state index is 12.5. The van der Waals surface area contributed by atoms with Gasteiger partial charge >= 0.3 is 6.03 Å². The molecule has 1 saturated carbocycles. The van der Waals surface area contributed by atoms with E-state index in [1.165, 1.54) is 41.7 Å². The second-order valence-corrected chi connectivity index (χ2v) is 11.0. The van der Waals surface area contributed by atoms with E-state index >= 15 is 0 Å². The van der Waals surface area contributed by atoms with E-state index in [-0.39, 0.29) is 6.03 Å². The van der Waals surface area contributed by atoms with Gasteiger partial charge in [-0.15, -0.1) is 11.3 Å². The smallest absolute Gasteiger partial charge is 0.322 e. The highest BCUT2D eigenvalue weighted by atomic mass is 32.1. The number of carbonyl (C=O) groups is 1. The average Bonchev–Trinajstić information content (AvgIpc) is 3.54. The summed E-state index contributed by atoms with van der Waals surface area (Å²) in [6.07, 6.45) is 5.91. The van der Waals surface area contributed by atoms with Crippen LogP contribution in [0.4, 0.5) is 15.6 Å². The largest absolute Gasteiger partial charge is 0.353 e. The van der Waals surface area contributed by atoms with Crippen LogP contribution in [-0.4, -0.2) is 61.1 Å². The van der Waals surface area contributed by atoms with E-state index in [0.29, 0.717) is 6.04 Å². The van der Waals surface area contributed by atoms with Crippen molar-refractivity contribution in [3.63, 3.8) is 0 Å². The number of aromatic nitrogens is 1. The zero-order valence-electron chi connectivity index (χ0n) is 19.3. The summed E-state index contributed by atoms with van der Waals surface area (Å²) in [7, 11) is 1.85. The third-order valence-corrected chi connectivity index (χ3v) is 8.96. The molecule has 1 N–H and O–H groups in total. The quantitative estimate of drug-likeness (QED) is 0.519. The molecule has 2 fully saturated rings. The molecule has 3 heterocycles. The summed E-state index contributed by atoms with van der Waals surface area (Å²) in [4.78, 5) is 19.3. The number of hydrogen-bond donors (Lipinski definition) is 1. The summed E-state index contributed by atoms with van der Waals surface area (Å²) in [5.74, 6) is 1.95. The molecule has 0 bridgehead atoms. The fraction of sp³-hybridized carbons (Fsp3) is 0.520. The minimum atomic E-state index is 0.0201. The molecule has 6 nitrogen and oxygen atoms in total. The molecule has 0 spiro atoms. The van der Waals surface area contributed by atoms with Crippen molar-refractivity contribution < 1.29 is 4.79 Å². The van der Waals surface area contributed by atoms with E-state index in [9.17, 15) is 4.79 Å². The van der Waals surface area contributed by atoms with Crippen LogP contribution in [0.5, 0.6) is 0 Å². The van der Waals surface area contributed by atoms with Crippen LogP contribution in [-0.2, 0) is 0 Å². The van der Waals surface area contributed by atoms with Gasteiger partial charge in [0.2, 0.25) is 0 Å². The first-order valence-corrected chi connectivity index (χ1v) is 13.7. The van der Waals surface area contributed by atoms with Gasteiger partial charge in [0, 0.05) is 44.7 Å². The van der Waals surface area contributed by atoms with Gasteiger partial charge in [0.05, 0.1) is 9.70 Å². The van der Waals surface area contributed by atoms with Gasteiger partial charge in [-0.25, -0.2) is 4.79 Å². The number of benzene rings is 1. The number of nitrogens with zero attached hydrogens (tertiary/aromatic N) is 4. The monoisotopic (exact) mass is 483 g/mol. The Morgan fingerprint density at radius 3 is 2.64 bits per heavy atom. The van der Waals surface area contributed by atoms with E-state index < -0.39 is 0 Å². The van der Waals surface area contributed by atoms with Crippen LogP contribution in [0.3, 0.4) is 0 Å². The van der Waals surface area contributed by atoms with Gasteiger partial charge < -0.3 is 10.2 Å². The predicted octanol–water partition coefficient (Wildman–Crippen LogP) is 5.27.